The molecule has 0 bridgehead atoms. The minimum absolute atomic E-state index is 0.704. The SMILES string of the molecule is S=C(Nc1ccc(Cl)cc1)N1CCCN1. The van der Waals surface area contributed by atoms with E-state index in [4.69, 9.17) is 23.8 Å². The van der Waals surface area contributed by atoms with Gasteiger partial charge in [-0.25, -0.2) is 5.43 Å². The monoisotopic (exact) mass is 241 g/mol. The average Bonchev–Trinajstić information content (AvgIpc) is 2.74. The van der Waals surface area contributed by atoms with Gasteiger partial charge in [0, 0.05) is 23.8 Å². The van der Waals surface area contributed by atoms with Gasteiger partial charge < -0.3 is 5.32 Å². The van der Waals surface area contributed by atoms with Crippen LogP contribution in [0.1, 0.15) is 6.42 Å². The summed E-state index contributed by atoms with van der Waals surface area (Å²) in [5, 5.41) is 6.53. The first-order chi connectivity index (χ1) is 7.25. The van der Waals surface area contributed by atoms with Gasteiger partial charge in [0.2, 0.25) is 0 Å². The first-order valence-corrected chi connectivity index (χ1v) is 5.62. The normalized spacial score (nSPS) is 15.4. The summed E-state index contributed by atoms with van der Waals surface area (Å²) in [7, 11) is 0. The van der Waals surface area contributed by atoms with Crippen LogP contribution in [-0.4, -0.2) is 23.2 Å². The summed E-state index contributed by atoms with van der Waals surface area (Å²) < 4.78 is 0. The number of benzene rings is 1. The molecule has 0 aliphatic carbocycles. The van der Waals surface area contributed by atoms with Crippen molar-refractivity contribution >= 4 is 34.6 Å². The maximum atomic E-state index is 5.79. The van der Waals surface area contributed by atoms with E-state index in [0.717, 1.165) is 30.2 Å². The zero-order chi connectivity index (χ0) is 10.7. The lowest BCUT2D eigenvalue weighted by atomic mass is 10.3. The number of thiocarbonyl (C=S) groups is 1. The van der Waals surface area contributed by atoms with Gasteiger partial charge in [0.05, 0.1) is 0 Å². The van der Waals surface area contributed by atoms with Crippen LogP contribution in [0, 0.1) is 0 Å². The van der Waals surface area contributed by atoms with Gasteiger partial charge in [-0.15, -0.1) is 0 Å². The minimum Gasteiger partial charge on any atom is -0.332 e. The minimum atomic E-state index is 0.704. The van der Waals surface area contributed by atoms with Gasteiger partial charge in [-0.1, -0.05) is 11.6 Å². The van der Waals surface area contributed by atoms with Gasteiger partial charge in [0.25, 0.3) is 0 Å². The Morgan fingerprint density at radius 1 is 1.40 bits per heavy atom. The van der Waals surface area contributed by atoms with Crippen molar-refractivity contribution in [1.29, 1.82) is 0 Å². The van der Waals surface area contributed by atoms with E-state index in [1.165, 1.54) is 0 Å². The molecule has 1 saturated heterocycles. The Balaban J connectivity index is 1.96. The van der Waals surface area contributed by atoms with Crippen molar-refractivity contribution in [2.75, 3.05) is 18.4 Å². The van der Waals surface area contributed by atoms with Gasteiger partial charge >= 0.3 is 0 Å². The average molecular weight is 242 g/mol. The highest BCUT2D eigenvalue weighted by Gasteiger charge is 2.13. The topological polar surface area (TPSA) is 27.3 Å². The van der Waals surface area contributed by atoms with Crippen molar-refractivity contribution in [3.05, 3.63) is 29.3 Å². The van der Waals surface area contributed by atoms with Gasteiger partial charge in [-0.2, -0.15) is 0 Å². The third-order valence-corrected chi connectivity index (χ3v) is 2.78. The molecule has 80 valence electrons. The predicted octanol–water partition coefficient (Wildman–Crippen LogP) is 2.25. The van der Waals surface area contributed by atoms with Gasteiger partial charge in [-0.3, -0.25) is 5.01 Å². The molecule has 0 aromatic heterocycles. The highest BCUT2D eigenvalue weighted by Crippen LogP contribution is 2.14. The van der Waals surface area contributed by atoms with Crippen LogP contribution in [0.4, 0.5) is 5.69 Å². The van der Waals surface area contributed by atoms with Crippen LogP contribution in [0.2, 0.25) is 5.02 Å². The smallest absolute Gasteiger partial charge is 0.187 e. The molecule has 1 heterocycles. The summed E-state index contributed by atoms with van der Waals surface area (Å²) in [6, 6.07) is 7.49. The number of nitrogens with one attached hydrogen (secondary N) is 2. The zero-order valence-corrected chi connectivity index (χ0v) is 9.74. The summed E-state index contributed by atoms with van der Waals surface area (Å²) in [5.41, 5.74) is 4.15. The van der Waals surface area contributed by atoms with Crippen LogP contribution < -0.4 is 10.7 Å². The standard InChI is InChI=1S/C10H12ClN3S/c11-8-2-4-9(5-3-8)13-10(15)14-7-1-6-12-14/h2-5,12H,1,6-7H2,(H,13,15). The van der Waals surface area contributed by atoms with E-state index in [1.807, 2.05) is 29.3 Å². The molecule has 0 amide bonds. The van der Waals surface area contributed by atoms with Gasteiger partial charge in [-0.05, 0) is 42.9 Å². The summed E-state index contributed by atoms with van der Waals surface area (Å²) in [4.78, 5) is 0. The number of halogens is 1. The van der Waals surface area contributed by atoms with Crippen LogP contribution in [0.15, 0.2) is 24.3 Å². The number of anilines is 1. The number of nitrogens with zero attached hydrogens (tertiary/aromatic N) is 1. The molecular formula is C10H12ClN3S. The molecule has 0 unspecified atom stereocenters. The Bertz CT molecular complexity index is 346. The molecule has 0 atom stereocenters. The number of hydrogen-bond donors (Lipinski definition) is 2. The van der Waals surface area contributed by atoms with Crippen LogP contribution in [0.3, 0.4) is 0 Å². The lowest BCUT2D eigenvalue weighted by Crippen LogP contribution is -2.39. The molecule has 5 heteroatoms. The molecule has 2 N–H and O–H groups in total. The van der Waals surface area contributed by atoms with E-state index in [-0.39, 0.29) is 0 Å². The first-order valence-electron chi connectivity index (χ1n) is 4.83. The fraction of sp³-hybridized carbons (Fsp3) is 0.300. The molecule has 0 spiro atoms. The fourth-order valence-corrected chi connectivity index (χ4v) is 1.83. The Morgan fingerprint density at radius 2 is 2.13 bits per heavy atom. The Hall–Kier alpha value is -0.840. The molecule has 15 heavy (non-hydrogen) atoms. The van der Waals surface area contributed by atoms with Crippen molar-refractivity contribution in [3.8, 4) is 0 Å². The molecule has 1 aromatic rings. The van der Waals surface area contributed by atoms with E-state index in [2.05, 4.69) is 10.7 Å². The van der Waals surface area contributed by atoms with Gasteiger partial charge in [0.15, 0.2) is 5.11 Å². The molecule has 0 saturated carbocycles. The summed E-state index contributed by atoms with van der Waals surface area (Å²) in [6.07, 6.45) is 1.13. The predicted molar refractivity (Wildman–Crippen MR) is 67.0 cm³/mol. The van der Waals surface area contributed by atoms with E-state index in [9.17, 15) is 0 Å². The highest BCUT2D eigenvalue weighted by molar-refractivity contribution is 7.80. The summed E-state index contributed by atoms with van der Waals surface area (Å²) in [6.45, 7) is 1.95. The number of hydrazine groups is 1. The van der Waals surface area contributed by atoms with E-state index in [1.54, 1.807) is 0 Å². The maximum Gasteiger partial charge on any atom is 0.187 e. The Kier molecular flexibility index (Phi) is 3.41. The molecule has 3 nitrogen and oxygen atoms in total. The Labute approximate surface area is 99.4 Å². The van der Waals surface area contributed by atoms with Crippen molar-refractivity contribution in [2.24, 2.45) is 0 Å². The van der Waals surface area contributed by atoms with Crippen LogP contribution in [0.5, 0.6) is 0 Å². The molecule has 1 fully saturated rings. The number of rotatable bonds is 1. The highest BCUT2D eigenvalue weighted by atomic mass is 35.5. The van der Waals surface area contributed by atoms with Crippen molar-refractivity contribution in [3.63, 3.8) is 0 Å². The first kappa shape index (κ1) is 10.7. The number of hydrogen-bond acceptors (Lipinski definition) is 2. The van der Waals surface area contributed by atoms with E-state index in [0.29, 0.717) is 5.11 Å². The third kappa shape index (κ3) is 2.81. The Morgan fingerprint density at radius 3 is 2.73 bits per heavy atom. The third-order valence-electron chi connectivity index (χ3n) is 2.20. The lowest BCUT2D eigenvalue weighted by Gasteiger charge is -2.19. The largest absolute Gasteiger partial charge is 0.332 e. The van der Waals surface area contributed by atoms with Crippen LogP contribution in [0.25, 0.3) is 0 Å². The van der Waals surface area contributed by atoms with E-state index < -0.39 is 0 Å². The molecular weight excluding hydrogens is 230 g/mol. The quantitative estimate of drug-likeness (QED) is 0.738. The van der Waals surface area contributed by atoms with Crippen molar-refractivity contribution in [1.82, 2.24) is 10.4 Å². The second kappa shape index (κ2) is 4.79. The van der Waals surface area contributed by atoms with E-state index >= 15 is 0 Å². The maximum absolute atomic E-state index is 5.79. The molecule has 2 rings (SSSR count). The second-order valence-electron chi connectivity index (χ2n) is 3.35. The van der Waals surface area contributed by atoms with Crippen molar-refractivity contribution < 1.29 is 0 Å². The molecule has 1 aromatic carbocycles. The van der Waals surface area contributed by atoms with Crippen LogP contribution in [-0.2, 0) is 0 Å². The van der Waals surface area contributed by atoms with Gasteiger partial charge in [0.1, 0.15) is 0 Å². The zero-order valence-electron chi connectivity index (χ0n) is 8.16. The van der Waals surface area contributed by atoms with Crippen molar-refractivity contribution in [2.45, 2.75) is 6.42 Å². The molecule has 1 aliphatic rings. The lowest BCUT2D eigenvalue weighted by molar-refractivity contribution is 0.410. The summed E-state index contributed by atoms with van der Waals surface area (Å²) >= 11 is 11.0. The van der Waals surface area contributed by atoms with Crippen LogP contribution >= 0.6 is 23.8 Å². The molecule has 0 radical (unpaired) electrons. The molecule has 1 aliphatic heterocycles. The fourth-order valence-electron chi connectivity index (χ4n) is 1.43. The second-order valence-corrected chi connectivity index (χ2v) is 4.17. The summed E-state index contributed by atoms with van der Waals surface area (Å²) in [5.74, 6) is 0.